The highest BCUT2D eigenvalue weighted by atomic mass is 79.9. The molecule has 2 aliphatic heterocycles. The van der Waals surface area contributed by atoms with Gasteiger partial charge in [-0.2, -0.15) is 8.42 Å². The van der Waals surface area contributed by atoms with Crippen LogP contribution >= 0.6 is 27.3 Å². The van der Waals surface area contributed by atoms with Crippen LogP contribution in [0.5, 0.6) is 0 Å². The number of esters is 1. The van der Waals surface area contributed by atoms with Gasteiger partial charge in [0.1, 0.15) is 11.9 Å². The number of benzene rings is 1. The van der Waals surface area contributed by atoms with E-state index in [0.29, 0.717) is 45.1 Å². The molecule has 2 N–H and O–H groups in total. The Bertz CT molecular complexity index is 1250. The number of hydrogen-bond donors (Lipinski definition) is 2. The molecule has 0 bridgehead atoms. The van der Waals surface area contributed by atoms with E-state index in [2.05, 4.69) is 30.4 Å². The number of rotatable bonds is 8. The number of halogens is 2. The molecule has 0 radical (unpaired) electrons. The van der Waals surface area contributed by atoms with Gasteiger partial charge in [-0.15, -0.1) is 11.3 Å². The van der Waals surface area contributed by atoms with Crippen molar-refractivity contribution >= 4 is 49.3 Å². The van der Waals surface area contributed by atoms with Crippen molar-refractivity contribution in [1.82, 2.24) is 19.3 Å². The Morgan fingerprint density at radius 1 is 1.41 bits per heavy atom. The summed E-state index contributed by atoms with van der Waals surface area (Å²) < 4.78 is 48.2. The van der Waals surface area contributed by atoms with Gasteiger partial charge in [-0.1, -0.05) is 22.0 Å². The van der Waals surface area contributed by atoms with Crippen LogP contribution in [0.15, 0.2) is 50.5 Å². The molecule has 1 fully saturated rings. The minimum Gasteiger partial charge on any atom is -0.463 e. The highest BCUT2D eigenvalue weighted by Crippen LogP contribution is 2.43. The smallest absolute Gasteiger partial charge is 0.338 e. The van der Waals surface area contributed by atoms with Crippen LogP contribution in [-0.4, -0.2) is 56.9 Å². The Balaban J connectivity index is 1.81. The number of thiazole rings is 1. The predicted octanol–water partition coefficient (Wildman–Crippen LogP) is 2.74. The summed E-state index contributed by atoms with van der Waals surface area (Å²) in [5.74, 6) is -0.469. The minimum absolute atomic E-state index is 0.122. The van der Waals surface area contributed by atoms with E-state index < -0.39 is 28.0 Å². The number of aromatic nitrogens is 1. The zero-order valence-corrected chi connectivity index (χ0v) is 21.6. The molecule has 0 amide bonds. The van der Waals surface area contributed by atoms with Crippen LogP contribution in [0.4, 0.5) is 4.39 Å². The van der Waals surface area contributed by atoms with Crippen LogP contribution in [0, 0.1) is 11.7 Å². The van der Waals surface area contributed by atoms with Crippen LogP contribution < -0.4 is 9.44 Å². The third kappa shape index (κ3) is 5.08. The number of carbonyl (C=O) groups excluding carboxylic acids is 1. The first kappa shape index (κ1) is 24.9. The van der Waals surface area contributed by atoms with Gasteiger partial charge in [0.2, 0.25) is 0 Å². The van der Waals surface area contributed by atoms with Gasteiger partial charge >= 0.3 is 5.97 Å². The lowest BCUT2D eigenvalue weighted by atomic mass is 9.94. The summed E-state index contributed by atoms with van der Waals surface area (Å²) in [7, 11) is -2.27. The summed E-state index contributed by atoms with van der Waals surface area (Å²) in [5.41, 5.74) is 1.67. The molecule has 2 atom stereocenters. The number of allylic oxidation sites excluding steroid dienone is 1. The Kier molecular flexibility index (Phi) is 7.48. The van der Waals surface area contributed by atoms with Crippen molar-refractivity contribution < 1.29 is 22.3 Å². The van der Waals surface area contributed by atoms with E-state index in [0.717, 1.165) is 0 Å². The molecule has 3 heterocycles. The van der Waals surface area contributed by atoms with Crippen molar-refractivity contribution in [3.05, 3.63) is 61.9 Å². The molecule has 2 aliphatic rings. The molecule has 0 spiro atoms. The second kappa shape index (κ2) is 10.2. The molecule has 182 valence electrons. The van der Waals surface area contributed by atoms with Crippen LogP contribution in [0.2, 0.25) is 0 Å². The largest absolute Gasteiger partial charge is 0.463 e. The lowest BCUT2D eigenvalue weighted by Gasteiger charge is -2.32. The topological polar surface area (TPSA) is 113 Å². The summed E-state index contributed by atoms with van der Waals surface area (Å²) in [6, 6.07) is 3.50. The second-order valence-electron chi connectivity index (χ2n) is 7.68. The third-order valence-electron chi connectivity index (χ3n) is 5.55. The van der Waals surface area contributed by atoms with Crippen molar-refractivity contribution in [2.75, 3.05) is 26.7 Å². The molecule has 13 heteroatoms. The van der Waals surface area contributed by atoms with E-state index in [1.165, 1.54) is 30.5 Å². The number of nitrogens with zero attached hydrogens (tertiary/aromatic N) is 3. The molecule has 1 aromatic heterocycles. The van der Waals surface area contributed by atoms with Crippen molar-refractivity contribution in [3.63, 3.8) is 0 Å². The molecule has 0 saturated carbocycles. The number of carbonyl (C=O) groups is 1. The SMILES string of the molecule is CCOC(=O)C1=C2CC(CNS(=O)(=O)NC)CN2C(c2nccs2)=N[C@H]1c1ccc(F)cc1Br. The molecule has 34 heavy (non-hydrogen) atoms. The number of amidine groups is 1. The van der Waals surface area contributed by atoms with Crippen molar-refractivity contribution in [1.29, 1.82) is 0 Å². The average molecular weight is 572 g/mol. The Hall–Kier alpha value is -2.19. The Labute approximate surface area is 209 Å². The Morgan fingerprint density at radius 3 is 2.85 bits per heavy atom. The zero-order chi connectivity index (χ0) is 24.5. The van der Waals surface area contributed by atoms with Gasteiger partial charge in [0.05, 0.1) is 12.2 Å². The molecule has 0 aliphatic carbocycles. The van der Waals surface area contributed by atoms with E-state index in [1.54, 1.807) is 19.2 Å². The fraction of sp³-hybridized carbons (Fsp3) is 0.381. The minimum atomic E-state index is -3.61. The number of ether oxygens (including phenoxy) is 1. The number of aliphatic imine (C=N–C) groups is 1. The maximum atomic E-state index is 13.8. The first-order chi connectivity index (χ1) is 16.2. The van der Waals surface area contributed by atoms with E-state index in [4.69, 9.17) is 9.73 Å². The standard InChI is InChI=1S/C21H23BrFN5O4S2/c1-3-32-21(29)17-16-8-12(10-26-34(30,31)24-2)11-28(16)19(20-25-6-7-33-20)27-18(17)14-5-4-13(23)9-15(14)22/h4-7,9,12,18,24,26H,3,8,10-11H2,1-2H3/t12?,18-/m0/s1. The van der Waals surface area contributed by atoms with Crippen molar-refractivity contribution in [3.8, 4) is 0 Å². The molecule has 1 aromatic carbocycles. The molecule has 1 unspecified atom stereocenters. The van der Waals surface area contributed by atoms with Gasteiger partial charge in [-0.25, -0.2) is 23.6 Å². The molecule has 9 nitrogen and oxygen atoms in total. The maximum Gasteiger partial charge on any atom is 0.338 e. The molecule has 1 saturated heterocycles. The summed E-state index contributed by atoms with van der Waals surface area (Å²) >= 11 is 4.82. The first-order valence-corrected chi connectivity index (χ1v) is 13.7. The van der Waals surface area contributed by atoms with Crippen molar-refractivity contribution in [2.45, 2.75) is 19.4 Å². The van der Waals surface area contributed by atoms with Gasteiger partial charge in [-0.3, -0.25) is 4.99 Å². The van der Waals surface area contributed by atoms with E-state index >= 15 is 0 Å². The first-order valence-electron chi connectivity index (χ1n) is 10.5. The lowest BCUT2D eigenvalue weighted by Crippen LogP contribution is -2.39. The molecular formula is C21H23BrFN5O4S2. The van der Waals surface area contributed by atoms with Crippen molar-refractivity contribution in [2.24, 2.45) is 10.9 Å². The van der Waals surface area contributed by atoms with E-state index in [-0.39, 0.29) is 19.1 Å². The van der Waals surface area contributed by atoms with Gasteiger partial charge < -0.3 is 9.64 Å². The van der Waals surface area contributed by atoms with Gasteiger partial charge in [0.15, 0.2) is 10.8 Å². The average Bonchev–Trinajstić information content (AvgIpc) is 3.47. The monoisotopic (exact) mass is 571 g/mol. The lowest BCUT2D eigenvalue weighted by molar-refractivity contribution is -0.139. The summed E-state index contributed by atoms with van der Waals surface area (Å²) in [4.78, 5) is 24.4. The fourth-order valence-corrected chi connectivity index (χ4v) is 5.84. The van der Waals surface area contributed by atoms with E-state index in [1.807, 2.05) is 10.3 Å². The molecular weight excluding hydrogens is 549 g/mol. The predicted molar refractivity (Wildman–Crippen MR) is 130 cm³/mol. The molecule has 2 aromatic rings. The van der Waals surface area contributed by atoms with Gasteiger partial charge in [0, 0.05) is 41.9 Å². The molecule has 4 rings (SSSR count). The normalized spacial score (nSPS) is 20.4. The van der Waals surface area contributed by atoms with E-state index in [9.17, 15) is 17.6 Å². The van der Waals surface area contributed by atoms with Crippen LogP contribution in [0.25, 0.3) is 0 Å². The zero-order valence-electron chi connectivity index (χ0n) is 18.4. The number of hydrogen-bond acceptors (Lipinski definition) is 8. The van der Waals surface area contributed by atoms with Crippen LogP contribution in [0.1, 0.15) is 30.0 Å². The highest BCUT2D eigenvalue weighted by molar-refractivity contribution is 9.10. The van der Waals surface area contributed by atoms with Crippen LogP contribution in [-0.2, 0) is 19.7 Å². The summed E-state index contributed by atoms with van der Waals surface area (Å²) in [6.45, 7) is 2.53. The fourth-order valence-electron chi connectivity index (χ4n) is 4.03. The summed E-state index contributed by atoms with van der Waals surface area (Å²) in [5, 5.41) is 2.50. The number of nitrogens with one attached hydrogen (secondary N) is 2. The van der Waals surface area contributed by atoms with Crippen LogP contribution in [0.3, 0.4) is 0 Å². The van der Waals surface area contributed by atoms with Gasteiger partial charge in [0.25, 0.3) is 10.2 Å². The highest BCUT2D eigenvalue weighted by Gasteiger charge is 2.42. The second-order valence-corrected chi connectivity index (χ2v) is 11.1. The quantitative estimate of drug-likeness (QED) is 0.471. The third-order valence-corrected chi connectivity index (χ3v) is 8.09. The maximum absolute atomic E-state index is 13.8. The Morgan fingerprint density at radius 2 is 2.21 bits per heavy atom. The number of fused-ring (bicyclic) bond motifs is 1. The van der Waals surface area contributed by atoms with Gasteiger partial charge in [-0.05, 0) is 37.0 Å². The summed E-state index contributed by atoms with van der Waals surface area (Å²) in [6.07, 6.45) is 2.10.